The normalized spacial score (nSPS) is 11.9. The Hall–Kier alpha value is -2.27. The molecule has 0 fully saturated rings. The summed E-state index contributed by atoms with van der Waals surface area (Å²) in [6.45, 7) is 11.1. The molecule has 2 aromatic carbocycles. The fourth-order valence-corrected chi connectivity index (χ4v) is 3.80. The van der Waals surface area contributed by atoms with Crippen LogP contribution in [0.25, 0.3) is 0 Å². The van der Waals surface area contributed by atoms with Crippen LogP contribution in [0.4, 0.5) is 0 Å². The van der Waals surface area contributed by atoms with Gasteiger partial charge in [0.15, 0.2) is 0 Å². The van der Waals surface area contributed by atoms with Crippen LogP contribution >= 0.6 is 11.8 Å². The van der Waals surface area contributed by atoms with Crippen molar-refractivity contribution in [1.29, 1.82) is 0 Å². The predicted octanol–water partition coefficient (Wildman–Crippen LogP) is 4.98. The van der Waals surface area contributed by atoms with Crippen LogP contribution in [-0.2, 0) is 16.1 Å². The largest absolute Gasteiger partial charge is 0.354 e. The van der Waals surface area contributed by atoms with E-state index in [9.17, 15) is 9.59 Å². The lowest BCUT2D eigenvalue weighted by Crippen LogP contribution is -2.48. The summed E-state index contributed by atoms with van der Waals surface area (Å²) in [6, 6.07) is 15.9. The molecule has 162 valence electrons. The molecule has 30 heavy (non-hydrogen) atoms. The number of nitrogens with one attached hydrogen (secondary N) is 1. The second-order valence-corrected chi connectivity index (χ2v) is 9.40. The number of rotatable bonds is 10. The summed E-state index contributed by atoms with van der Waals surface area (Å²) in [5.41, 5.74) is 3.43. The van der Waals surface area contributed by atoms with E-state index in [0.717, 1.165) is 10.5 Å². The molecule has 2 amide bonds. The van der Waals surface area contributed by atoms with Gasteiger partial charge < -0.3 is 10.2 Å². The topological polar surface area (TPSA) is 49.4 Å². The van der Waals surface area contributed by atoms with E-state index in [1.807, 2.05) is 38.1 Å². The summed E-state index contributed by atoms with van der Waals surface area (Å²) in [4.78, 5) is 28.6. The number of carbonyl (C=O) groups excluding carboxylic acids is 2. The lowest BCUT2D eigenvalue weighted by molar-refractivity contribution is -0.140. The van der Waals surface area contributed by atoms with Crippen molar-refractivity contribution in [2.24, 2.45) is 5.92 Å². The van der Waals surface area contributed by atoms with Gasteiger partial charge in [-0.2, -0.15) is 0 Å². The Labute approximate surface area is 185 Å². The van der Waals surface area contributed by atoms with Crippen LogP contribution in [-0.4, -0.2) is 35.1 Å². The molecule has 1 atom stereocenters. The minimum absolute atomic E-state index is 0.00221. The van der Waals surface area contributed by atoms with Gasteiger partial charge in [0, 0.05) is 30.2 Å². The summed E-state index contributed by atoms with van der Waals surface area (Å²) in [5.74, 6) is 0.957. The molecule has 0 heterocycles. The molecular weight excluding hydrogens is 392 g/mol. The highest BCUT2D eigenvalue weighted by atomic mass is 32.2. The number of amides is 2. The smallest absolute Gasteiger partial charge is 0.242 e. The average Bonchev–Trinajstić information content (AvgIpc) is 2.72. The Morgan fingerprint density at radius 1 is 0.933 bits per heavy atom. The summed E-state index contributed by atoms with van der Waals surface area (Å²) in [6.07, 6.45) is 0.395. The van der Waals surface area contributed by atoms with Gasteiger partial charge in [0.1, 0.15) is 6.04 Å². The number of thioether (sulfide) groups is 1. The molecule has 0 aliphatic rings. The highest BCUT2D eigenvalue weighted by Gasteiger charge is 2.25. The van der Waals surface area contributed by atoms with Crippen molar-refractivity contribution in [3.8, 4) is 0 Å². The standard InChI is InChI=1S/C25H34N2O2S/c1-18(2)16-26-25(29)21(5)27(17-22-10-6-19(3)7-11-22)24(28)14-15-30-23-12-8-20(4)9-13-23/h6-13,18,21H,14-17H2,1-5H3,(H,26,29)/t21-/m1/s1. The van der Waals surface area contributed by atoms with Crippen LogP contribution < -0.4 is 5.32 Å². The van der Waals surface area contributed by atoms with Crippen molar-refractivity contribution in [2.75, 3.05) is 12.3 Å². The van der Waals surface area contributed by atoms with E-state index in [2.05, 4.69) is 50.4 Å². The molecule has 0 saturated heterocycles. The Morgan fingerprint density at radius 2 is 1.50 bits per heavy atom. The van der Waals surface area contributed by atoms with Gasteiger partial charge in [0.05, 0.1) is 0 Å². The molecule has 0 unspecified atom stereocenters. The molecule has 2 aromatic rings. The number of benzene rings is 2. The molecule has 5 heteroatoms. The molecule has 1 N–H and O–H groups in total. The van der Waals surface area contributed by atoms with E-state index in [0.29, 0.717) is 31.2 Å². The third kappa shape index (κ3) is 7.86. The molecule has 2 rings (SSSR count). The summed E-state index contributed by atoms with van der Waals surface area (Å²) in [5, 5.41) is 2.96. The number of carbonyl (C=O) groups is 2. The Kier molecular flexibility index (Phi) is 9.44. The van der Waals surface area contributed by atoms with E-state index < -0.39 is 6.04 Å². The second-order valence-electron chi connectivity index (χ2n) is 8.23. The molecule has 0 spiro atoms. The van der Waals surface area contributed by atoms with Gasteiger partial charge in [-0.25, -0.2) is 0 Å². The zero-order valence-electron chi connectivity index (χ0n) is 18.8. The van der Waals surface area contributed by atoms with Crippen molar-refractivity contribution >= 4 is 23.6 Å². The van der Waals surface area contributed by atoms with Gasteiger partial charge in [-0.1, -0.05) is 61.4 Å². The number of hydrogen-bond acceptors (Lipinski definition) is 3. The van der Waals surface area contributed by atoms with E-state index in [1.165, 1.54) is 11.1 Å². The predicted molar refractivity (Wildman–Crippen MR) is 126 cm³/mol. The van der Waals surface area contributed by atoms with Crippen LogP contribution in [0, 0.1) is 19.8 Å². The van der Waals surface area contributed by atoms with Gasteiger partial charge in [-0.05, 0) is 44.4 Å². The van der Waals surface area contributed by atoms with Crippen LogP contribution in [0.1, 0.15) is 43.9 Å². The van der Waals surface area contributed by atoms with Gasteiger partial charge >= 0.3 is 0 Å². The maximum atomic E-state index is 13.1. The Morgan fingerprint density at radius 3 is 2.07 bits per heavy atom. The van der Waals surface area contributed by atoms with Crippen molar-refractivity contribution < 1.29 is 9.59 Å². The monoisotopic (exact) mass is 426 g/mol. The number of nitrogens with zero attached hydrogens (tertiary/aromatic N) is 1. The average molecular weight is 427 g/mol. The first-order valence-corrected chi connectivity index (χ1v) is 11.6. The fraction of sp³-hybridized carbons (Fsp3) is 0.440. The first-order valence-electron chi connectivity index (χ1n) is 10.6. The van der Waals surface area contributed by atoms with Gasteiger partial charge in [0.25, 0.3) is 0 Å². The molecule has 0 aliphatic carbocycles. The SMILES string of the molecule is Cc1ccc(CN(C(=O)CCSc2ccc(C)cc2)[C@H](C)C(=O)NCC(C)C)cc1. The van der Waals surface area contributed by atoms with Gasteiger partial charge in [-0.15, -0.1) is 11.8 Å². The number of aryl methyl sites for hydroxylation is 2. The number of hydrogen-bond donors (Lipinski definition) is 1. The zero-order valence-corrected chi connectivity index (χ0v) is 19.6. The van der Waals surface area contributed by atoms with Crippen LogP contribution in [0.3, 0.4) is 0 Å². The minimum Gasteiger partial charge on any atom is -0.354 e. The van der Waals surface area contributed by atoms with Crippen molar-refractivity contribution in [3.63, 3.8) is 0 Å². The molecular formula is C25H34N2O2S. The highest BCUT2D eigenvalue weighted by Crippen LogP contribution is 2.20. The molecule has 0 aromatic heterocycles. The summed E-state index contributed by atoms with van der Waals surface area (Å²) >= 11 is 1.67. The zero-order chi connectivity index (χ0) is 22.1. The molecule has 0 bridgehead atoms. The Bertz CT molecular complexity index is 816. The van der Waals surface area contributed by atoms with Crippen molar-refractivity contribution in [3.05, 3.63) is 65.2 Å². The molecule has 0 saturated carbocycles. The van der Waals surface area contributed by atoms with Crippen molar-refractivity contribution in [2.45, 2.75) is 58.5 Å². The lowest BCUT2D eigenvalue weighted by atomic mass is 10.1. The second kappa shape index (κ2) is 11.8. The fourth-order valence-electron chi connectivity index (χ4n) is 2.96. The van der Waals surface area contributed by atoms with E-state index in [1.54, 1.807) is 16.7 Å². The van der Waals surface area contributed by atoms with E-state index >= 15 is 0 Å². The minimum atomic E-state index is -0.512. The molecule has 0 aliphatic heterocycles. The van der Waals surface area contributed by atoms with E-state index in [4.69, 9.17) is 0 Å². The van der Waals surface area contributed by atoms with Crippen LogP contribution in [0.2, 0.25) is 0 Å². The Balaban J connectivity index is 2.04. The quantitative estimate of drug-likeness (QED) is 0.546. The summed E-state index contributed by atoms with van der Waals surface area (Å²) in [7, 11) is 0. The molecule has 4 nitrogen and oxygen atoms in total. The van der Waals surface area contributed by atoms with Crippen LogP contribution in [0.15, 0.2) is 53.4 Å². The van der Waals surface area contributed by atoms with Crippen molar-refractivity contribution in [1.82, 2.24) is 10.2 Å². The van der Waals surface area contributed by atoms with E-state index in [-0.39, 0.29) is 11.8 Å². The van der Waals surface area contributed by atoms with Crippen LogP contribution in [0.5, 0.6) is 0 Å². The third-order valence-electron chi connectivity index (χ3n) is 4.93. The maximum absolute atomic E-state index is 13.1. The lowest BCUT2D eigenvalue weighted by Gasteiger charge is -2.29. The third-order valence-corrected chi connectivity index (χ3v) is 5.94. The summed E-state index contributed by atoms with van der Waals surface area (Å²) < 4.78 is 0. The maximum Gasteiger partial charge on any atom is 0.242 e. The first kappa shape index (κ1) is 24.0. The first-order chi connectivity index (χ1) is 14.3. The van der Waals surface area contributed by atoms with Gasteiger partial charge in [0.2, 0.25) is 11.8 Å². The van der Waals surface area contributed by atoms with Gasteiger partial charge in [-0.3, -0.25) is 9.59 Å². The highest BCUT2D eigenvalue weighted by molar-refractivity contribution is 7.99. The molecule has 0 radical (unpaired) electrons.